The maximum absolute atomic E-state index is 11.8. The van der Waals surface area contributed by atoms with Crippen molar-refractivity contribution in [2.75, 3.05) is 19.6 Å². The summed E-state index contributed by atoms with van der Waals surface area (Å²) in [6, 6.07) is 0. The van der Waals surface area contributed by atoms with E-state index in [1.54, 1.807) is 6.92 Å². The van der Waals surface area contributed by atoms with E-state index in [4.69, 9.17) is 10.5 Å². The molecule has 0 aromatic heterocycles. The van der Waals surface area contributed by atoms with Crippen molar-refractivity contribution in [1.82, 2.24) is 4.90 Å². The number of carbonyl (C=O) groups excluding carboxylic acids is 1. The maximum Gasteiger partial charge on any atom is 0.410 e. The van der Waals surface area contributed by atoms with Crippen molar-refractivity contribution in [2.24, 2.45) is 5.73 Å². The van der Waals surface area contributed by atoms with Gasteiger partial charge in [0.2, 0.25) is 0 Å². The van der Waals surface area contributed by atoms with Crippen LogP contribution < -0.4 is 5.73 Å². The van der Waals surface area contributed by atoms with Gasteiger partial charge < -0.3 is 20.5 Å². The fourth-order valence-electron chi connectivity index (χ4n) is 1.18. The summed E-state index contributed by atoms with van der Waals surface area (Å²) in [7, 11) is 0. The molecule has 0 spiro atoms. The highest BCUT2D eigenvalue weighted by Crippen LogP contribution is 2.10. The highest BCUT2D eigenvalue weighted by molar-refractivity contribution is 5.68. The van der Waals surface area contributed by atoms with Crippen molar-refractivity contribution in [3.05, 3.63) is 0 Å². The number of carbonyl (C=O) groups is 1. The molecule has 5 nitrogen and oxygen atoms in total. The van der Waals surface area contributed by atoms with Crippen LogP contribution in [-0.4, -0.2) is 47.4 Å². The molecule has 0 fully saturated rings. The highest BCUT2D eigenvalue weighted by atomic mass is 16.6. The lowest BCUT2D eigenvalue weighted by molar-refractivity contribution is 0.0161. The minimum atomic E-state index is -0.565. The van der Waals surface area contributed by atoms with E-state index in [0.29, 0.717) is 19.5 Å². The van der Waals surface area contributed by atoms with E-state index in [0.717, 1.165) is 0 Å². The Bertz CT molecular complexity index is 212. The molecular formula is C11H24N2O3. The zero-order valence-electron chi connectivity index (χ0n) is 10.7. The molecule has 0 saturated heterocycles. The van der Waals surface area contributed by atoms with Gasteiger partial charge in [0.15, 0.2) is 0 Å². The van der Waals surface area contributed by atoms with E-state index in [2.05, 4.69) is 0 Å². The van der Waals surface area contributed by atoms with Gasteiger partial charge in [0.05, 0.1) is 6.10 Å². The number of hydrogen-bond donors (Lipinski definition) is 2. The molecule has 1 unspecified atom stereocenters. The number of hydrogen-bond acceptors (Lipinski definition) is 4. The molecular weight excluding hydrogens is 208 g/mol. The largest absolute Gasteiger partial charge is 0.444 e. The van der Waals surface area contributed by atoms with Gasteiger partial charge in [-0.05, 0) is 40.7 Å². The zero-order chi connectivity index (χ0) is 12.8. The lowest BCUT2D eigenvalue weighted by Crippen LogP contribution is -2.41. The van der Waals surface area contributed by atoms with Gasteiger partial charge in [-0.1, -0.05) is 0 Å². The average molecular weight is 232 g/mol. The molecule has 0 aromatic carbocycles. The fraction of sp³-hybridized carbons (Fsp3) is 0.909. The van der Waals surface area contributed by atoms with Crippen LogP contribution >= 0.6 is 0 Å². The lowest BCUT2D eigenvalue weighted by atomic mass is 10.2. The summed E-state index contributed by atoms with van der Waals surface area (Å²) in [4.78, 5) is 13.2. The van der Waals surface area contributed by atoms with Gasteiger partial charge in [-0.15, -0.1) is 0 Å². The number of rotatable bonds is 5. The van der Waals surface area contributed by atoms with E-state index >= 15 is 0 Å². The lowest BCUT2D eigenvalue weighted by Gasteiger charge is -2.28. The number of nitrogens with two attached hydrogens (primary N) is 1. The standard InChI is InChI=1S/C11H24N2O3/c1-9(14)8-13(7-5-6-12)10(15)16-11(2,3)4/h9,14H,5-8,12H2,1-4H3. The summed E-state index contributed by atoms with van der Waals surface area (Å²) in [5, 5.41) is 9.29. The predicted octanol–water partition coefficient (Wildman–Crippen LogP) is 0.953. The second kappa shape index (κ2) is 6.70. The van der Waals surface area contributed by atoms with Crippen molar-refractivity contribution in [2.45, 2.75) is 45.8 Å². The molecule has 0 bridgehead atoms. The summed E-state index contributed by atoms with van der Waals surface area (Å²) in [6.45, 7) is 8.38. The van der Waals surface area contributed by atoms with Crippen molar-refractivity contribution in [3.8, 4) is 0 Å². The Balaban J connectivity index is 4.31. The number of nitrogens with zero attached hydrogens (tertiary/aromatic N) is 1. The van der Waals surface area contributed by atoms with E-state index < -0.39 is 17.8 Å². The molecule has 0 rings (SSSR count). The third-order valence-corrected chi connectivity index (χ3v) is 1.77. The van der Waals surface area contributed by atoms with Crippen LogP contribution in [0.5, 0.6) is 0 Å². The first-order valence-corrected chi connectivity index (χ1v) is 5.62. The Morgan fingerprint density at radius 1 is 1.50 bits per heavy atom. The second-order valence-corrected chi connectivity index (χ2v) is 4.92. The molecule has 1 amide bonds. The van der Waals surface area contributed by atoms with Crippen molar-refractivity contribution < 1.29 is 14.6 Å². The quantitative estimate of drug-likeness (QED) is 0.740. The molecule has 0 aliphatic carbocycles. The number of aliphatic hydroxyl groups excluding tert-OH is 1. The first-order valence-electron chi connectivity index (χ1n) is 5.62. The molecule has 0 saturated carbocycles. The number of ether oxygens (including phenoxy) is 1. The molecule has 0 aliphatic rings. The molecule has 5 heteroatoms. The average Bonchev–Trinajstić information content (AvgIpc) is 2.08. The molecule has 0 heterocycles. The highest BCUT2D eigenvalue weighted by Gasteiger charge is 2.22. The first kappa shape index (κ1) is 15.2. The van der Waals surface area contributed by atoms with E-state index in [-0.39, 0.29) is 6.54 Å². The monoisotopic (exact) mass is 232 g/mol. The summed E-state index contributed by atoms with van der Waals surface area (Å²) >= 11 is 0. The van der Waals surface area contributed by atoms with Gasteiger partial charge in [-0.3, -0.25) is 0 Å². The Morgan fingerprint density at radius 3 is 2.44 bits per heavy atom. The van der Waals surface area contributed by atoms with Crippen LogP contribution in [0.3, 0.4) is 0 Å². The van der Waals surface area contributed by atoms with Crippen LogP contribution in [0.25, 0.3) is 0 Å². The molecule has 0 aliphatic heterocycles. The third kappa shape index (κ3) is 7.48. The first-order chi connectivity index (χ1) is 7.26. The minimum Gasteiger partial charge on any atom is -0.444 e. The van der Waals surface area contributed by atoms with E-state index in [1.165, 1.54) is 4.90 Å². The summed E-state index contributed by atoms with van der Waals surface area (Å²) in [5.41, 5.74) is 4.88. The van der Waals surface area contributed by atoms with Crippen molar-refractivity contribution >= 4 is 6.09 Å². The zero-order valence-corrected chi connectivity index (χ0v) is 10.7. The predicted molar refractivity (Wildman–Crippen MR) is 63.2 cm³/mol. The SMILES string of the molecule is CC(O)CN(CCCN)C(=O)OC(C)(C)C. The van der Waals surface area contributed by atoms with Gasteiger partial charge in [-0.2, -0.15) is 0 Å². The minimum absolute atomic E-state index is 0.273. The van der Waals surface area contributed by atoms with Gasteiger partial charge >= 0.3 is 6.09 Å². The van der Waals surface area contributed by atoms with Gasteiger partial charge in [-0.25, -0.2) is 4.79 Å². The maximum atomic E-state index is 11.8. The Hall–Kier alpha value is -0.810. The normalized spacial score (nSPS) is 13.4. The molecule has 0 radical (unpaired) electrons. The van der Waals surface area contributed by atoms with Crippen LogP contribution in [-0.2, 0) is 4.74 Å². The number of aliphatic hydroxyl groups is 1. The second-order valence-electron chi connectivity index (χ2n) is 4.92. The summed E-state index contributed by atoms with van der Waals surface area (Å²) < 4.78 is 5.23. The molecule has 0 aromatic rings. The molecule has 1 atom stereocenters. The smallest absolute Gasteiger partial charge is 0.410 e. The van der Waals surface area contributed by atoms with Crippen LogP contribution in [0.4, 0.5) is 4.79 Å². The Labute approximate surface area is 97.6 Å². The molecule has 16 heavy (non-hydrogen) atoms. The van der Waals surface area contributed by atoms with Gasteiger partial charge in [0, 0.05) is 13.1 Å². The van der Waals surface area contributed by atoms with Crippen LogP contribution in [0.2, 0.25) is 0 Å². The van der Waals surface area contributed by atoms with Crippen molar-refractivity contribution in [3.63, 3.8) is 0 Å². The van der Waals surface area contributed by atoms with E-state index in [1.807, 2.05) is 20.8 Å². The Morgan fingerprint density at radius 2 is 2.06 bits per heavy atom. The third-order valence-electron chi connectivity index (χ3n) is 1.77. The fourth-order valence-corrected chi connectivity index (χ4v) is 1.18. The van der Waals surface area contributed by atoms with Gasteiger partial charge in [0.1, 0.15) is 5.60 Å². The summed E-state index contributed by atoms with van der Waals surface area (Å²) in [5.74, 6) is 0. The topological polar surface area (TPSA) is 75.8 Å². The summed E-state index contributed by atoms with van der Waals surface area (Å²) in [6.07, 6.45) is -0.265. The van der Waals surface area contributed by atoms with E-state index in [9.17, 15) is 9.90 Å². The molecule has 96 valence electrons. The molecule has 3 N–H and O–H groups in total. The Kier molecular flexibility index (Phi) is 6.36. The van der Waals surface area contributed by atoms with Crippen LogP contribution in [0.1, 0.15) is 34.1 Å². The van der Waals surface area contributed by atoms with Crippen LogP contribution in [0, 0.1) is 0 Å². The van der Waals surface area contributed by atoms with Crippen LogP contribution in [0.15, 0.2) is 0 Å². The number of amides is 1. The van der Waals surface area contributed by atoms with Gasteiger partial charge in [0.25, 0.3) is 0 Å². The van der Waals surface area contributed by atoms with Crippen molar-refractivity contribution in [1.29, 1.82) is 0 Å².